The van der Waals surface area contributed by atoms with Crippen LogP contribution in [0, 0.1) is 0 Å². The molecule has 0 atom stereocenters. The molecule has 2 nitrogen and oxygen atoms in total. The highest BCUT2D eigenvalue weighted by molar-refractivity contribution is 5.86. The summed E-state index contributed by atoms with van der Waals surface area (Å²) in [5.41, 5.74) is 0.388. The second-order valence-corrected chi connectivity index (χ2v) is 4.14. The van der Waals surface area contributed by atoms with Crippen molar-refractivity contribution < 1.29 is 9.90 Å². The van der Waals surface area contributed by atoms with E-state index in [1.807, 2.05) is 12.2 Å². The van der Waals surface area contributed by atoms with Crippen LogP contribution in [0.3, 0.4) is 0 Å². The van der Waals surface area contributed by atoms with Crippen LogP contribution >= 0.6 is 0 Å². The Bertz CT molecular complexity index is 239. The van der Waals surface area contributed by atoms with E-state index in [-0.39, 0.29) is 0 Å². The Morgan fingerprint density at radius 3 is 2.38 bits per heavy atom. The molecule has 0 rings (SSSR count). The number of hydrogen-bond donors (Lipinski definition) is 1. The summed E-state index contributed by atoms with van der Waals surface area (Å²) in [5, 5.41) is 8.60. The minimum atomic E-state index is -0.843. The summed E-state index contributed by atoms with van der Waals surface area (Å²) in [6, 6.07) is 0. The van der Waals surface area contributed by atoms with Crippen LogP contribution in [0.4, 0.5) is 0 Å². The summed E-state index contributed by atoms with van der Waals surface area (Å²) in [6.07, 6.45) is 14.4. The number of aliphatic carboxylic acids is 1. The Morgan fingerprint density at radius 2 is 1.75 bits per heavy atom. The lowest BCUT2D eigenvalue weighted by atomic mass is 10.1. The van der Waals surface area contributed by atoms with Crippen molar-refractivity contribution in [3.05, 3.63) is 23.8 Å². The zero-order chi connectivity index (χ0) is 12.2. The van der Waals surface area contributed by atoms with Gasteiger partial charge in [-0.1, -0.05) is 57.3 Å². The van der Waals surface area contributed by atoms with Crippen molar-refractivity contribution >= 4 is 5.97 Å². The molecule has 0 unspecified atom stereocenters. The predicted octanol–water partition coefficient (Wildman–Crippen LogP) is 4.32. The lowest BCUT2D eigenvalue weighted by Gasteiger charge is -1.97. The summed E-state index contributed by atoms with van der Waals surface area (Å²) in [7, 11) is 0. The Morgan fingerprint density at radius 1 is 1.12 bits per heavy atom. The standard InChI is InChI=1S/C14H24O2/c1-3-4-5-6-7-8-9-10-11-12-13(2)14(15)16/h10-12H,3-9H2,1-2H3,(H,15,16)/b11-10+,13-12+. The summed E-state index contributed by atoms with van der Waals surface area (Å²) < 4.78 is 0. The highest BCUT2D eigenvalue weighted by atomic mass is 16.4. The van der Waals surface area contributed by atoms with Crippen LogP contribution in [0.15, 0.2) is 23.8 Å². The van der Waals surface area contributed by atoms with Crippen LogP contribution in [0.25, 0.3) is 0 Å². The third-order valence-electron chi connectivity index (χ3n) is 2.54. The third-order valence-corrected chi connectivity index (χ3v) is 2.54. The average Bonchev–Trinajstić information content (AvgIpc) is 2.26. The van der Waals surface area contributed by atoms with Gasteiger partial charge in [-0.3, -0.25) is 0 Å². The minimum Gasteiger partial charge on any atom is -0.478 e. The molecule has 0 aliphatic carbocycles. The number of carboxylic acid groups (broad SMARTS) is 1. The van der Waals surface area contributed by atoms with Crippen molar-refractivity contribution in [2.45, 2.75) is 58.8 Å². The number of rotatable bonds is 9. The van der Waals surface area contributed by atoms with Crippen molar-refractivity contribution in [2.24, 2.45) is 0 Å². The van der Waals surface area contributed by atoms with E-state index in [1.54, 1.807) is 13.0 Å². The van der Waals surface area contributed by atoms with Crippen LogP contribution < -0.4 is 0 Å². The molecule has 1 N–H and O–H groups in total. The molecule has 92 valence electrons. The van der Waals surface area contributed by atoms with E-state index in [9.17, 15) is 4.79 Å². The van der Waals surface area contributed by atoms with E-state index in [0.29, 0.717) is 5.57 Å². The molecule has 0 saturated heterocycles. The van der Waals surface area contributed by atoms with Crippen molar-refractivity contribution in [3.8, 4) is 0 Å². The summed E-state index contributed by atoms with van der Waals surface area (Å²) >= 11 is 0. The van der Waals surface area contributed by atoms with Gasteiger partial charge in [-0.15, -0.1) is 0 Å². The second-order valence-electron chi connectivity index (χ2n) is 4.14. The monoisotopic (exact) mass is 224 g/mol. The lowest BCUT2D eigenvalue weighted by molar-refractivity contribution is -0.132. The van der Waals surface area contributed by atoms with Crippen LogP contribution in [0.5, 0.6) is 0 Å². The number of unbranched alkanes of at least 4 members (excludes halogenated alkanes) is 6. The zero-order valence-corrected chi connectivity index (χ0v) is 10.5. The van der Waals surface area contributed by atoms with E-state index in [1.165, 1.54) is 38.5 Å². The summed E-state index contributed by atoms with van der Waals surface area (Å²) in [6.45, 7) is 3.83. The van der Waals surface area contributed by atoms with Crippen LogP contribution in [-0.2, 0) is 4.79 Å². The molecule has 0 aromatic heterocycles. The highest BCUT2D eigenvalue weighted by Gasteiger charge is 1.95. The molecule has 0 amide bonds. The van der Waals surface area contributed by atoms with Gasteiger partial charge in [-0.25, -0.2) is 4.79 Å². The fourth-order valence-corrected chi connectivity index (χ4v) is 1.42. The molecule has 0 aromatic rings. The molecule has 0 aliphatic heterocycles. The Hall–Kier alpha value is -1.05. The van der Waals surface area contributed by atoms with E-state index >= 15 is 0 Å². The Labute approximate surface area is 99.1 Å². The first-order valence-corrected chi connectivity index (χ1v) is 6.25. The van der Waals surface area contributed by atoms with Gasteiger partial charge < -0.3 is 5.11 Å². The summed E-state index contributed by atoms with van der Waals surface area (Å²) in [4.78, 5) is 10.5. The van der Waals surface area contributed by atoms with E-state index in [2.05, 4.69) is 6.92 Å². The van der Waals surface area contributed by atoms with Gasteiger partial charge in [0, 0.05) is 5.57 Å². The fourth-order valence-electron chi connectivity index (χ4n) is 1.42. The number of allylic oxidation sites excluding steroid dienone is 3. The molecule has 0 fully saturated rings. The molecule has 0 aromatic carbocycles. The maximum Gasteiger partial charge on any atom is 0.331 e. The largest absolute Gasteiger partial charge is 0.478 e. The van der Waals surface area contributed by atoms with Gasteiger partial charge in [0.05, 0.1) is 0 Å². The summed E-state index contributed by atoms with van der Waals surface area (Å²) in [5.74, 6) is -0.843. The van der Waals surface area contributed by atoms with Gasteiger partial charge in [0.2, 0.25) is 0 Å². The Kier molecular flexibility index (Phi) is 9.78. The molecule has 0 bridgehead atoms. The molecule has 16 heavy (non-hydrogen) atoms. The van der Waals surface area contributed by atoms with E-state index in [4.69, 9.17) is 5.11 Å². The van der Waals surface area contributed by atoms with Gasteiger partial charge in [-0.05, 0) is 19.8 Å². The first-order chi connectivity index (χ1) is 7.68. The smallest absolute Gasteiger partial charge is 0.331 e. The van der Waals surface area contributed by atoms with Crippen molar-refractivity contribution in [1.82, 2.24) is 0 Å². The van der Waals surface area contributed by atoms with Crippen molar-refractivity contribution in [3.63, 3.8) is 0 Å². The molecule has 0 heterocycles. The topological polar surface area (TPSA) is 37.3 Å². The number of hydrogen-bond acceptors (Lipinski definition) is 1. The Balaban J connectivity index is 3.41. The molecule has 0 radical (unpaired) electrons. The SMILES string of the molecule is CCCCCCCC/C=C/C=C(\C)C(=O)O. The minimum absolute atomic E-state index is 0.388. The van der Waals surface area contributed by atoms with Crippen LogP contribution in [-0.4, -0.2) is 11.1 Å². The van der Waals surface area contributed by atoms with E-state index < -0.39 is 5.97 Å². The molecule has 0 aliphatic rings. The van der Waals surface area contributed by atoms with E-state index in [0.717, 1.165) is 6.42 Å². The average molecular weight is 224 g/mol. The second kappa shape index (κ2) is 10.5. The quantitative estimate of drug-likeness (QED) is 0.359. The number of carboxylic acids is 1. The van der Waals surface area contributed by atoms with Crippen molar-refractivity contribution in [1.29, 1.82) is 0 Å². The van der Waals surface area contributed by atoms with Crippen LogP contribution in [0.2, 0.25) is 0 Å². The van der Waals surface area contributed by atoms with Gasteiger partial charge in [0.15, 0.2) is 0 Å². The zero-order valence-electron chi connectivity index (χ0n) is 10.5. The first-order valence-electron chi connectivity index (χ1n) is 6.25. The van der Waals surface area contributed by atoms with Gasteiger partial charge in [0.25, 0.3) is 0 Å². The highest BCUT2D eigenvalue weighted by Crippen LogP contribution is 2.07. The van der Waals surface area contributed by atoms with Crippen molar-refractivity contribution in [2.75, 3.05) is 0 Å². The molecule has 0 spiro atoms. The molecule has 0 saturated carbocycles. The van der Waals surface area contributed by atoms with Crippen LogP contribution in [0.1, 0.15) is 58.8 Å². The molecular weight excluding hydrogens is 200 g/mol. The van der Waals surface area contributed by atoms with Gasteiger partial charge in [0.1, 0.15) is 0 Å². The molecule has 2 heteroatoms. The molecular formula is C14H24O2. The number of carbonyl (C=O) groups is 1. The lowest BCUT2D eigenvalue weighted by Crippen LogP contribution is -1.94. The predicted molar refractivity (Wildman–Crippen MR) is 68.5 cm³/mol. The fraction of sp³-hybridized carbons (Fsp3) is 0.643. The maximum atomic E-state index is 10.5. The van der Waals surface area contributed by atoms with Gasteiger partial charge >= 0.3 is 5.97 Å². The normalized spacial score (nSPS) is 12.2. The maximum absolute atomic E-state index is 10.5. The van der Waals surface area contributed by atoms with Gasteiger partial charge in [-0.2, -0.15) is 0 Å². The third kappa shape index (κ3) is 9.50. The first kappa shape index (κ1) is 14.9.